The maximum atomic E-state index is 11.4. The standard InChI is InChI=1S/C16H18N4O3S/c1-11-4-3-5-12(20-7-6-13(21)14(22)9-20)8-17-16(18-11)15-10-24(15,2)19-23/h3-5,9-10,22H,1,6-8H2,2H3,(H,17,18)/b4-3-,12-5+. The number of rotatable bonds is 3. The number of hydrogen-bond acceptors (Lipinski definition) is 7. The quantitative estimate of drug-likeness (QED) is 0.766. The lowest BCUT2D eigenvalue weighted by atomic mass is 10.1. The number of nitrogens with zero attached hydrogens (tertiary/aromatic N) is 3. The van der Waals surface area contributed by atoms with E-state index in [2.05, 4.69) is 21.5 Å². The number of nitrogens with one attached hydrogen (secondary N) is 1. The Balaban J connectivity index is 1.86. The zero-order chi connectivity index (χ0) is 17.3. The van der Waals surface area contributed by atoms with Crippen LogP contribution in [0.5, 0.6) is 0 Å². The molecule has 0 bridgehead atoms. The summed E-state index contributed by atoms with van der Waals surface area (Å²) in [5.41, 5.74) is 1.48. The van der Waals surface area contributed by atoms with Crippen molar-refractivity contribution in [1.82, 2.24) is 10.2 Å². The molecule has 8 heteroatoms. The molecule has 0 amide bonds. The molecule has 0 aromatic carbocycles. The molecule has 3 rings (SSSR count). The van der Waals surface area contributed by atoms with Crippen LogP contribution < -0.4 is 5.32 Å². The van der Waals surface area contributed by atoms with Crippen LogP contribution in [0, 0.1) is 4.91 Å². The highest BCUT2D eigenvalue weighted by Crippen LogP contribution is 2.69. The van der Waals surface area contributed by atoms with Crippen molar-refractivity contribution in [2.45, 2.75) is 6.42 Å². The van der Waals surface area contributed by atoms with Crippen molar-refractivity contribution < 1.29 is 9.90 Å². The fraction of sp³-hybridized carbons (Fsp3) is 0.250. The highest BCUT2D eigenvalue weighted by Gasteiger charge is 2.39. The summed E-state index contributed by atoms with van der Waals surface area (Å²) in [6, 6.07) is 0. The molecule has 0 saturated carbocycles. The number of Topliss-reactive ketones (excluding diaryl/α,β-unsaturated/α-hetero) is 1. The van der Waals surface area contributed by atoms with E-state index in [4.69, 9.17) is 0 Å². The Morgan fingerprint density at radius 1 is 1.50 bits per heavy atom. The number of aliphatic imine (C=N–C) groups is 1. The van der Waals surface area contributed by atoms with Crippen LogP contribution in [0.15, 0.2) is 68.0 Å². The van der Waals surface area contributed by atoms with Crippen molar-refractivity contribution in [3.8, 4) is 0 Å². The summed E-state index contributed by atoms with van der Waals surface area (Å²) < 4.78 is 3.19. The summed E-state index contributed by atoms with van der Waals surface area (Å²) in [5, 5.41) is 14.6. The van der Waals surface area contributed by atoms with Gasteiger partial charge in [0.2, 0.25) is 0 Å². The molecular weight excluding hydrogens is 328 g/mol. The van der Waals surface area contributed by atoms with Gasteiger partial charge in [-0.25, -0.2) is 0 Å². The molecule has 2 N–H and O–H groups in total. The molecule has 0 spiro atoms. The molecule has 0 radical (unpaired) electrons. The normalized spacial score (nSPS) is 33.1. The van der Waals surface area contributed by atoms with Crippen molar-refractivity contribution in [3.63, 3.8) is 0 Å². The number of hydrogen-bond donors (Lipinski definition) is 2. The topological polar surface area (TPSA) is 94.4 Å². The van der Waals surface area contributed by atoms with Gasteiger partial charge in [0.05, 0.1) is 11.4 Å². The van der Waals surface area contributed by atoms with Crippen LogP contribution in [0.25, 0.3) is 0 Å². The highest BCUT2D eigenvalue weighted by molar-refractivity contribution is 8.43. The third-order valence-corrected chi connectivity index (χ3v) is 5.84. The van der Waals surface area contributed by atoms with E-state index in [1.54, 1.807) is 12.3 Å². The van der Waals surface area contributed by atoms with E-state index in [1.807, 2.05) is 22.5 Å². The van der Waals surface area contributed by atoms with Gasteiger partial charge in [0.25, 0.3) is 0 Å². The molecule has 0 aromatic heterocycles. The van der Waals surface area contributed by atoms with Gasteiger partial charge in [-0.3, -0.25) is 9.79 Å². The van der Waals surface area contributed by atoms with E-state index in [-0.39, 0.29) is 18.0 Å². The van der Waals surface area contributed by atoms with Crippen LogP contribution >= 0.6 is 10.2 Å². The van der Waals surface area contributed by atoms with Gasteiger partial charge < -0.3 is 15.3 Å². The zero-order valence-electron chi connectivity index (χ0n) is 13.2. The maximum absolute atomic E-state index is 11.4. The minimum absolute atomic E-state index is 0.246. The van der Waals surface area contributed by atoms with E-state index in [9.17, 15) is 14.8 Å². The van der Waals surface area contributed by atoms with Gasteiger partial charge in [-0.2, -0.15) is 0 Å². The largest absolute Gasteiger partial charge is 0.503 e. The lowest BCUT2D eigenvalue weighted by Crippen LogP contribution is -2.29. The Kier molecular flexibility index (Phi) is 4.15. The fourth-order valence-electron chi connectivity index (χ4n) is 2.41. The van der Waals surface area contributed by atoms with E-state index in [0.29, 0.717) is 24.6 Å². The molecule has 3 heterocycles. The maximum Gasteiger partial charge on any atom is 0.200 e. The van der Waals surface area contributed by atoms with Gasteiger partial charge in [-0.15, -0.1) is 4.91 Å². The number of carbonyl (C=O) groups excluding carboxylic acids is 1. The van der Waals surface area contributed by atoms with E-state index in [1.165, 1.54) is 6.20 Å². The Hall–Kier alpha value is -2.61. The van der Waals surface area contributed by atoms with Crippen LogP contribution in [-0.4, -0.2) is 41.0 Å². The second kappa shape index (κ2) is 6.12. The minimum atomic E-state index is -1.70. The molecule has 1 unspecified atom stereocenters. The molecule has 24 heavy (non-hydrogen) atoms. The third kappa shape index (κ3) is 3.18. The van der Waals surface area contributed by atoms with Crippen molar-refractivity contribution in [3.05, 3.63) is 63.4 Å². The first kappa shape index (κ1) is 16.3. The minimum Gasteiger partial charge on any atom is -0.503 e. The van der Waals surface area contributed by atoms with Gasteiger partial charge in [0.15, 0.2) is 11.5 Å². The van der Waals surface area contributed by atoms with Crippen LogP contribution in [0.4, 0.5) is 0 Å². The average Bonchev–Trinajstić information content (AvgIpc) is 3.22. The molecule has 0 saturated heterocycles. The molecule has 0 fully saturated rings. The molecule has 3 aliphatic heterocycles. The summed E-state index contributed by atoms with van der Waals surface area (Å²) in [4.78, 5) is 29.6. The van der Waals surface area contributed by atoms with Crippen molar-refractivity contribution in [2.75, 3.05) is 19.3 Å². The predicted molar refractivity (Wildman–Crippen MR) is 96.2 cm³/mol. The Morgan fingerprint density at radius 3 is 2.96 bits per heavy atom. The van der Waals surface area contributed by atoms with E-state index in [0.717, 1.165) is 10.6 Å². The smallest absolute Gasteiger partial charge is 0.200 e. The summed E-state index contributed by atoms with van der Waals surface area (Å²) >= 11 is 0. The molecule has 0 aliphatic carbocycles. The first-order chi connectivity index (χ1) is 11.4. The SMILES string of the molecule is C=C1/C=C\C=C(\N2C=C(O)C(=O)CC2)CN=C(C2=CS2(C)N=O)N1. The molecule has 7 nitrogen and oxygen atoms in total. The molecule has 126 valence electrons. The number of aliphatic hydroxyl groups excluding tert-OH is 1. The number of allylic oxidation sites excluding steroid dienone is 4. The zero-order valence-corrected chi connectivity index (χ0v) is 14.0. The number of aliphatic hydroxyl groups is 1. The van der Waals surface area contributed by atoms with Gasteiger partial charge in [0, 0.05) is 30.6 Å². The van der Waals surface area contributed by atoms with Gasteiger partial charge in [0.1, 0.15) is 5.84 Å². The molecule has 1 atom stereocenters. The number of nitroso groups, excluding NO2 is 1. The molecule has 0 aromatic rings. The van der Waals surface area contributed by atoms with E-state index < -0.39 is 10.2 Å². The van der Waals surface area contributed by atoms with Gasteiger partial charge in [-0.05, 0) is 28.4 Å². The number of amidine groups is 1. The molecule has 3 aliphatic rings. The van der Waals surface area contributed by atoms with E-state index >= 15 is 0 Å². The number of ketones is 1. The molecular formula is C16H18N4O3S. The summed E-state index contributed by atoms with van der Waals surface area (Å²) in [5.74, 6) is 0.0879. The first-order valence-corrected chi connectivity index (χ1v) is 9.42. The van der Waals surface area contributed by atoms with Crippen LogP contribution in [0.2, 0.25) is 0 Å². The summed E-state index contributed by atoms with van der Waals surface area (Å²) in [7, 11) is -1.70. The van der Waals surface area contributed by atoms with Gasteiger partial charge >= 0.3 is 0 Å². The monoisotopic (exact) mass is 346 g/mol. The van der Waals surface area contributed by atoms with Crippen LogP contribution in [0.3, 0.4) is 0 Å². The number of carbonyl (C=O) groups is 1. The van der Waals surface area contributed by atoms with Crippen LogP contribution in [-0.2, 0) is 4.79 Å². The third-order valence-electron chi connectivity index (χ3n) is 3.89. The lowest BCUT2D eigenvalue weighted by Gasteiger charge is -2.25. The Labute approximate surface area is 141 Å². The lowest BCUT2D eigenvalue weighted by molar-refractivity contribution is -0.118. The predicted octanol–water partition coefficient (Wildman–Crippen LogP) is 2.59. The first-order valence-electron chi connectivity index (χ1n) is 7.36. The second-order valence-corrected chi connectivity index (χ2v) is 8.41. The average molecular weight is 346 g/mol. The fourth-order valence-corrected chi connectivity index (χ4v) is 3.93. The van der Waals surface area contributed by atoms with Gasteiger partial charge in [-0.1, -0.05) is 22.9 Å². The van der Waals surface area contributed by atoms with Crippen LogP contribution in [0.1, 0.15) is 6.42 Å². The van der Waals surface area contributed by atoms with Crippen molar-refractivity contribution in [2.24, 2.45) is 9.57 Å². The Morgan fingerprint density at radius 2 is 2.29 bits per heavy atom. The van der Waals surface area contributed by atoms with Crippen molar-refractivity contribution >= 4 is 21.8 Å². The summed E-state index contributed by atoms with van der Waals surface area (Å²) in [6.45, 7) is 4.73. The van der Waals surface area contributed by atoms with Crippen molar-refractivity contribution in [1.29, 1.82) is 0 Å². The Bertz CT molecular complexity index is 778. The summed E-state index contributed by atoms with van der Waals surface area (Å²) in [6.07, 6.45) is 8.98. The second-order valence-electron chi connectivity index (χ2n) is 5.71. The highest BCUT2D eigenvalue weighted by atomic mass is 32.3.